The van der Waals surface area contributed by atoms with Crippen LogP contribution in [0.5, 0.6) is 0 Å². The number of hydrazone groups is 1. The largest absolute Gasteiger partial charge is 0.271 e. The molecule has 0 bridgehead atoms. The lowest BCUT2D eigenvalue weighted by Gasteiger charge is -2.04. The monoisotopic (exact) mass is 490 g/mol. The van der Waals surface area contributed by atoms with E-state index >= 15 is 0 Å². The number of aromatic nitrogens is 6. The molecule has 0 saturated heterocycles. The highest BCUT2D eigenvalue weighted by Crippen LogP contribution is 2.14. The third-order valence-corrected chi connectivity index (χ3v) is 6.00. The standard InChI is InChI=1S/C28H26N8O/c1-20-26(21(2)35(32-20)18-22-9-5-3-6-10-22)17-29-31-28(37)25-15-13-23(14-16-25)19-36-33-27(30-34-36)24-11-7-4-8-12-24/h3-17H,18-19H2,1-2H3,(H,31,37). The summed E-state index contributed by atoms with van der Waals surface area (Å²) in [5, 5.41) is 21.5. The van der Waals surface area contributed by atoms with Gasteiger partial charge in [0.05, 0.1) is 25.0 Å². The van der Waals surface area contributed by atoms with Crippen LogP contribution in [0, 0.1) is 13.8 Å². The Balaban J connectivity index is 1.19. The maximum absolute atomic E-state index is 12.6. The fourth-order valence-corrected chi connectivity index (χ4v) is 3.97. The van der Waals surface area contributed by atoms with Crippen molar-refractivity contribution in [2.45, 2.75) is 26.9 Å². The highest BCUT2D eigenvalue weighted by Gasteiger charge is 2.11. The summed E-state index contributed by atoms with van der Waals surface area (Å²) in [5.74, 6) is 0.283. The third-order valence-electron chi connectivity index (χ3n) is 6.00. The number of benzene rings is 3. The first-order valence-corrected chi connectivity index (χ1v) is 11.9. The molecule has 0 aliphatic rings. The van der Waals surface area contributed by atoms with Gasteiger partial charge in [0.15, 0.2) is 0 Å². The predicted molar refractivity (Wildman–Crippen MR) is 141 cm³/mol. The number of rotatable bonds is 8. The van der Waals surface area contributed by atoms with Crippen LogP contribution >= 0.6 is 0 Å². The summed E-state index contributed by atoms with van der Waals surface area (Å²) >= 11 is 0. The van der Waals surface area contributed by atoms with Crippen molar-refractivity contribution in [3.05, 3.63) is 119 Å². The quantitative estimate of drug-likeness (QED) is 0.261. The molecule has 0 unspecified atom stereocenters. The van der Waals surface area contributed by atoms with Crippen LogP contribution in [-0.4, -0.2) is 42.1 Å². The molecule has 0 aliphatic heterocycles. The van der Waals surface area contributed by atoms with E-state index in [9.17, 15) is 4.79 Å². The van der Waals surface area contributed by atoms with Gasteiger partial charge in [-0.3, -0.25) is 9.48 Å². The van der Waals surface area contributed by atoms with E-state index in [-0.39, 0.29) is 5.91 Å². The van der Waals surface area contributed by atoms with Crippen molar-refractivity contribution in [1.82, 2.24) is 35.4 Å². The number of nitrogens with one attached hydrogen (secondary N) is 1. The van der Waals surface area contributed by atoms with Gasteiger partial charge in [-0.25, -0.2) is 5.43 Å². The summed E-state index contributed by atoms with van der Waals surface area (Å²) in [4.78, 5) is 14.1. The maximum Gasteiger partial charge on any atom is 0.271 e. The molecule has 0 saturated carbocycles. The summed E-state index contributed by atoms with van der Waals surface area (Å²) in [6, 6.07) is 27.1. The maximum atomic E-state index is 12.6. The molecule has 9 nitrogen and oxygen atoms in total. The van der Waals surface area contributed by atoms with Crippen LogP contribution in [0.15, 0.2) is 90.0 Å². The van der Waals surface area contributed by atoms with E-state index in [0.717, 1.165) is 28.1 Å². The van der Waals surface area contributed by atoms with Gasteiger partial charge in [0, 0.05) is 22.4 Å². The molecule has 5 aromatic rings. The second kappa shape index (κ2) is 10.8. The van der Waals surface area contributed by atoms with Gasteiger partial charge in [-0.15, -0.1) is 10.2 Å². The Hall–Kier alpha value is -4.92. The topological polar surface area (TPSA) is 103 Å². The van der Waals surface area contributed by atoms with Gasteiger partial charge in [0.1, 0.15) is 0 Å². The zero-order valence-corrected chi connectivity index (χ0v) is 20.6. The van der Waals surface area contributed by atoms with Gasteiger partial charge in [-0.05, 0) is 42.3 Å². The van der Waals surface area contributed by atoms with Crippen LogP contribution in [0.25, 0.3) is 11.4 Å². The molecular weight excluding hydrogens is 464 g/mol. The van der Waals surface area contributed by atoms with Crippen molar-refractivity contribution in [2.75, 3.05) is 0 Å². The molecule has 3 aromatic carbocycles. The Bertz CT molecular complexity index is 1520. The second-order valence-corrected chi connectivity index (χ2v) is 8.63. The predicted octanol–water partition coefficient (Wildman–Crippen LogP) is 4.01. The fraction of sp³-hybridized carbons (Fsp3) is 0.143. The van der Waals surface area contributed by atoms with Crippen LogP contribution < -0.4 is 5.43 Å². The van der Waals surface area contributed by atoms with Crippen LogP contribution in [0.1, 0.15) is 38.4 Å². The van der Waals surface area contributed by atoms with Crippen molar-refractivity contribution in [3.63, 3.8) is 0 Å². The average molecular weight is 491 g/mol. The number of nitrogens with zero attached hydrogens (tertiary/aromatic N) is 7. The van der Waals surface area contributed by atoms with Gasteiger partial charge in [-0.2, -0.15) is 15.0 Å². The number of carbonyl (C=O) groups excluding carboxylic acids is 1. The van der Waals surface area contributed by atoms with Gasteiger partial charge in [0.2, 0.25) is 5.82 Å². The van der Waals surface area contributed by atoms with E-state index in [1.165, 1.54) is 10.4 Å². The first-order valence-electron chi connectivity index (χ1n) is 11.9. The number of carbonyl (C=O) groups is 1. The summed E-state index contributed by atoms with van der Waals surface area (Å²) in [6.07, 6.45) is 1.64. The minimum atomic E-state index is -0.292. The summed E-state index contributed by atoms with van der Waals surface area (Å²) in [6.45, 7) is 5.06. The van der Waals surface area contributed by atoms with E-state index < -0.39 is 0 Å². The molecule has 0 atom stereocenters. The van der Waals surface area contributed by atoms with Gasteiger partial charge < -0.3 is 0 Å². The van der Waals surface area contributed by atoms with Crippen LogP contribution in [0.2, 0.25) is 0 Å². The Morgan fingerprint density at radius 1 is 0.865 bits per heavy atom. The zero-order chi connectivity index (χ0) is 25.6. The lowest BCUT2D eigenvalue weighted by Crippen LogP contribution is -2.17. The molecule has 5 rings (SSSR count). The molecule has 9 heteroatoms. The molecular formula is C28H26N8O. The smallest absolute Gasteiger partial charge is 0.267 e. The Labute approximate surface area is 214 Å². The average Bonchev–Trinajstić information content (AvgIpc) is 3.50. The van der Waals surface area contributed by atoms with E-state index in [1.54, 1.807) is 18.3 Å². The summed E-state index contributed by atoms with van der Waals surface area (Å²) in [7, 11) is 0. The van der Waals surface area contributed by atoms with Gasteiger partial charge in [-0.1, -0.05) is 72.8 Å². The Morgan fingerprint density at radius 3 is 2.27 bits per heavy atom. The SMILES string of the molecule is Cc1nn(Cc2ccccc2)c(C)c1C=NNC(=O)c1ccc(Cn2nnc(-c3ccccc3)n2)cc1. The number of aryl methyl sites for hydroxylation is 1. The van der Waals surface area contributed by atoms with Gasteiger partial charge >= 0.3 is 0 Å². The molecule has 2 aromatic heterocycles. The van der Waals surface area contributed by atoms with E-state index in [2.05, 4.69) is 43.2 Å². The minimum absolute atomic E-state index is 0.292. The van der Waals surface area contributed by atoms with E-state index in [4.69, 9.17) is 0 Å². The van der Waals surface area contributed by atoms with Crippen molar-refractivity contribution in [3.8, 4) is 11.4 Å². The van der Waals surface area contributed by atoms with Crippen molar-refractivity contribution < 1.29 is 4.79 Å². The second-order valence-electron chi connectivity index (χ2n) is 8.63. The van der Waals surface area contributed by atoms with Crippen molar-refractivity contribution in [1.29, 1.82) is 0 Å². The number of hydrogen-bond acceptors (Lipinski definition) is 6. The van der Waals surface area contributed by atoms with E-state index in [0.29, 0.717) is 24.5 Å². The fourth-order valence-electron chi connectivity index (χ4n) is 3.97. The Kier molecular flexibility index (Phi) is 6.93. The molecule has 2 heterocycles. The van der Waals surface area contributed by atoms with Crippen molar-refractivity contribution >= 4 is 12.1 Å². The van der Waals surface area contributed by atoms with Crippen LogP contribution in [0.3, 0.4) is 0 Å². The number of amides is 1. The summed E-state index contributed by atoms with van der Waals surface area (Å²) in [5.41, 5.74) is 8.88. The lowest BCUT2D eigenvalue weighted by molar-refractivity contribution is 0.0955. The molecule has 1 N–H and O–H groups in total. The number of hydrogen-bond donors (Lipinski definition) is 1. The van der Waals surface area contributed by atoms with Crippen LogP contribution in [0.4, 0.5) is 0 Å². The van der Waals surface area contributed by atoms with E-state index in [1.807, 2.05) is 79.2 Å². The molecule has 0 radical (unpaired) electrons. The molecule has 37 heavy (non-hydrogen) atoms. The molecule has 0 spiro atoms. The first-order chi connectivity index (χ1) is 18.1. The first kappa shape index (κ1) is 23.8. The molecule has 184 valence electrons. The molecule has 0 fully saturated rings. The molecule has 0 aliphatic carbocycles. The van der Waals surface area contributed by atoms with Crippen molar-refractivity contribution in [2.24, 2.45) is 5.10 Å². The lowest BCUT2D eigenvalue weighted by atomic mass is 10.1. The number of tetrazole rings is 1. The summed E-state index contributed by atoms with van der Waals surface area (Å²) < 4.78 is 1.94. The highest BCUT2D eigenvalue weighted by atomic mass is 16.2. The highest BCUT2D eigenvalue weighted by molar-refractivity contribution is 5.95. The minimum Gasteiger partial charge on any atom is -0.267 e. The van der Waals surface area contributed by atoms with Gasteiger partial charge in [0.25, 0.3) is 5.91 Å². The zero-order valence-electron chi connectivity index (χ0n) is 20.6. The third kappa shape index (κ3) is 5.67. The Morgan fingerprint density at radius 2 is 1.54 bits per heavy atom. The van der Waals surface area contributed by atoms with Crippen LogP contribution in [-0.2, 0) is 13.1 Å². The normalized spacial score (nSPS) is 11.2. The molecule has 1 amide bonds.